The highest BCUT2D eigenvalue weighted by Crippen LogP contribution is 2.15. The Morgan fingerprint density at radius 2 is 1.88 bits per heavy atom. The maximum absolute atomic E-state index is 13.7. The zero-order valence-electron chi connectivity index (χ0n) is 14.7. The van der Waals surface area contributed by atoms with Gasteiger partial charge < -0.3 is 15.4 Å². The first kappa shape index (κ1) is 21.5. The Balaban J connectivity index is 2.67. The summed E-state index contributed by atoms with van der Waals surface area (Å²) in [6.45, 7) is 5.51. The van der Waals surface area contributed by atoms with Gasteiger partial charge in [-0.05, 0) is 18.1 Å². The molecule has 25 heavy (non-hydrogen) atoms. The number of rotatable bonds is 11. The van der Waals surface area contributed by atoms with Crippen molar-refractivity contribution in [1.82, 2.24) is 15.4 Å². The molecule has 1 amide bonds. The SMILES string of the molecule is COCCNCCNC(=O)C(NS(=O)(=O)c1ccccc1F)C(C)C. The molecule has 1 unspecified atom stereocenters. The fourth-order valence-electron chi connectivity index (χ4n) is 2.07. The molecule has 1 aromatic rings. The third kappa shape index (κ3) is 7.07. The van der Waals surface area contributed by atoms with Crippen LogP contribution in [0.25, 0.3) is 0 Å². The molecule has 0 saturated carbocycles. The first-order valence-electron chi connectivity index (χ1n) is 8.04. The Hall–Kier alpha value is -1.55. The molecule has 0 heterocycles. The molecule has 1 rings (SSSR count). The van der Waals surface area contributed by atoms with E-state index >= 15 is 0 Å². The molecule has 0 aromatic heterocycles. The van der Waals surface area contributed by atoms with E-state index in [0.29, 0.717) is 26.2 Å². The molecule has 1 aromatic carbocycles. The van der Waals surface area contributed by atoms with E-state index < -0.39 is 32.7 Å². The summed E-state index contributed by atoms with van der Waals surface area (Å²) in [5.41, 5.74) is 0. The van der Waals surface area contributed by atoms with E-state index in [1.54, 1.807) is 21.0 Å². The number of sulfonamides is 1. The lowest BCUT2D eigenvalue weighted by Crippen LogP contribution is -2.50. The number of nitrogens with one attached hydrogen (secondary N) is 3. The molecule has 0 spiro atoms. The maximum Gasteiger partial charge on any atom is 0.244 e. The van der Waals surface area contributed by atoms with Crippen molar-refractivity contribution in [3.8, 4) is 0 Å². The van der Waals surface area contributed by atoms with Crippen molar-refractivity contribution in [2.45, 2.75) is 24.8 Å². The normalized spacial score (nSPS) is 13.0. The summed E-state index contributed by atoms with van der Waals surface area (Å²) in [6.07, 6.45) is 0. The second kappa shape index (κ2) is 10.4. The molecule has 0 aliphatic rings. The molecule has 142 valence electrons. The Labute approximate surface area is 148 Å². The quantitative estimate of drug-likeness (QED) is 0.489. The summed E-state index contributed by atoms with van der Waals surface area (Å²) < 4.78 is 45.7. The fraction of sp³-hybridized carbons (Fsp3) is 0.562. The Kier molecular flexibility index (Phi) is 8.98. The summed E-state index contributed by atoms with van der Waals surface area (Å²) in [5, 5.41) is 5.73. The van der Waals surface area contributed by atoms with Crippen LogP contribution in [0.3, 0.4) is 0 Å². The summed E-state index contributed by atoms with van der Waals surface area (Å²) >= 11 is 0. The van der Waals surface area contributed by atoms with Gasteiger partial charge in [0.25, 0.3) is 0 Å². The lowest BCUT2D eigenvalue weighted by atomic mass is 10.1. The fourth-order valence-corrected chi connectivity index (χ4v) is 3.49. The van der Waals surface area contributed by atoms with Gasteiger partial charge in [-0.1, -0.05) is 26.0 Å². The molecular weight excluding hydrogens is 349 g/mol. The first-order chi connectivity index (χ1) is 11.8. The van der Waals surface area contributed by atoms with Crippen LogP contribution in [-0.4, -0.2) is 53.7 Å². The van der Waals surface area contributed by atoms with Crippen LogP contribution in [0.1, 0.15) is 13.8 Å². The Morgan fingerprint density at radius 3 is 2.48 bits per heavy atom. The van der Waals surface area contributed by atoms with E-state index in [-0.39, 0.29) is 5.92 Å². The van der Waals surface area contributed by atoms with Crippen molar-refractivity contribution >= 4 is 15.9 Å². The van der Waals surface area contributed by atoms with Crippen LogP contribution in [0, 0.1) is 11.7 Å². The average Bonchev–Trinajstić information content (AvgIpc) is 2.55. The van der Waals surface area contributed by atoms with Gasteiger partial charge in [-0.15, -0.1) is 0 Å². The van der Waals surface area contributed by atoms with Crippen LogP contribution in [0.5, 0.6) is 0 Å². The van der Waals surface area contributed by atoms with Gasteiger partial charge >= 0.3 is 0 Å². The van der Waals surface area contributed by atoms with Crippen LogP contribution in [0.2, 0.25) is 0 Å². The van der Waals surface area contributed by atoms with Crippen molar-refractivity contribution in [3.05, 3.63) is 30.1 Å². The van der Waals surface area contributed by atoms with Gasteiger partial charge in [0, 0.05) is 26.7 Å². The highest BCUT2D eigenvalue weighted by Gasteiger charge is 2.29. The molecule has 0 radical (unpaired) electrons. The molecule has 9 heteroatoms. The van der Waals surface area contributed by atoms with Crippen molar-refractivity contribution in [2.24, 2.45) is 5.92 Å². The standard InChI is InChI=1S/C16H26FN3O4S/c1-12(2)15(16(21)19-9-8-18-10-11-24-3)20-25(22,23)14-7-5-4-6-13(14)17/h4-7,12,15,18,20H,8-11H2,1-3H3,(H,19,21). The molecule has 0 saturated heterocycles. The first-order valence-corrected chi connectivity index (χ1v) is 9.52. The lowest BCUT2D eigenvalue weighted by molar-refractivity contribution is -0.123. The summed E-state index contributed by atoms with van der Waals surface area (Å²) in [6, 6.07) is 4.05. The molecule has 0 aliphatic carbocycles. The smallest absolute Gasteiger partial charge is 0.244 e. The second-order valence-electron chi connectivity index (χ2n) is 5.81. The molecule has 3 N–H and O–H groups in total. The Morgan fingerprint density at radius 1 is 1.20 bits per heavy atom. The van der Waals surface area contributed by atoms with Crippen LogP contribution in [0.15, 0.2) is 29.2 Å². The van der Waals surface area contributed by atoms with Crippen LogP contribution >= 0.6 is 0 Å². The van der Waals surface area contributed by atoms with E-state index in [1.165, 1.54) is 12.1 Å². The molecule has 1 atom stereocenters. The molecule has 0 fully saturated rings. The zero-order valence-corrected chi connectivity index (χ0v) is 15.5. The number of methoxy groups -OCH3 is 1. The van der Waals surface area contributed by atoms with Crippen molar-refractivity contribution < 1.29 is 22.3 Å². The van der Waals surface area contributed by atoms with Crippen LogP contribution in [0.4, 0.5) is 4.39 Å². The highest BCUT2D eigenvalue weighted by molar-refractivity contribution is 7.89. The number of hydrogen-bond acceptors (Lipinski definition) is 5. The van der Waals surface area contributed by atoms with Gasteiger partial charge in [-0.25, -0.2) is 12.8 Å². The minimum Gasteiger partial charge on any atom is -0.383 e. The van der Waals surface area contributed by atoms with E-state index in [9.17, 15) is 17.6 Å². The number of benzene rings is 1. The number of hydrogen-bond donors (Lipinski definition) is 3. The largest absolute Gasteiger partial charge is 0.383 e. The predicted octanol–water partition coefficient (Wildman–Crippen LogP) is 0.481. The van der Waals surface area contributed by atoms with Crippen molar-refractivity contribution in [2.75, 3.05) is 33.4 Å². The monoisotopic (exact) mass is 375 g/mol. The number of carbonyl (C=O) groups is 1. The van der Waals surface area contributed by atoms with Gasteiger partial charge in [0.2, 0.25) is 15.9 Å². The van der Waals surface area contributed by atoms with Gasteiger partial charge in [0.15, 0.2) is 0 Å². The number of ether oxygens (including phenoxy) is 1. The van der Waals surface area contributed by atoms with Gasteiger partial charge in [-0.3, -0.25) is 4.79 Å². The molecule has 0 aliphatic heterocycles. The van der Waals surface area contributed by atoms with Crippen LogP contribution < -0.4 is 15.4 Å². The van der Waals surface area contributed by atoms with Crippen molar-refractivity contribution in [3.63, 3.8) is 0 Å². The average molecular weight is 375 g/mol. The van der Waals surface area contributed by atoms with E-state index in [4.69, 9.17) is 4.74 Å². The van der Waals surface area contributed by atoms with Crippen molar-refractivity contribution in [1.29, 1.82) is 0 Å². The highest BCUT2D eigenvalue weighted by atomic mass is 32.2. The molecule has 7 nitrogen and oxygen atoms in total. The molecular formula is C16H26FN3O4S. The molecule has 0 bridgehead atoms. The minimum atomic E-state index is -4.14. The number of halogens is 1. The number of carbonyl (C=O) groups excluding carboxylic acids is 1. The minimum absolute atomic E-state index is 0.303. The third-order valence-electron chi connectivity index (χ3n) is 3.44. The van der Waals surface area contributed by atoms with E-state index in [0.717, 1.165) is 12.1 Å². The summed E-state index contributed by atoms with van der Waals surface area (Å²) in [7, 11) is -2.55. The van der Waals surface area contributed by atoms with E-state index in [2.05, 4.69) is 15.4 Å². The number of amides is 1. The summed E-state index contributed by atoms with van der Waals surface area (Å²) in [5.74, 6) is -1.62. The van der Waals surface area contributed by atoms with Crippen LogP contribution in [-0.2, 0) is 19.6 Å². The Bertz CT molecular complexity index is 653. The van der Waals surface area contributed by atoms with E-state index in [1.807, 2.05) is 0 Å². The lowest BCUT2D eigenvalue weighted by Gasteiger charge is -2.22. The third-order valence-corrected chi connectivity index (χ3v) is 4.92. The van der Waals surface area contributed by atoms with Gasteiger partial charge in [0.1, 0.15) is 16.8 Å². The zero-order chi connectivity index (χ0) is 18.9. The summed E-state index contributed by atoms with van der Waals surface area (Å²) in [4.78, 5) is 11.8. The topological polar surface area (TPSA) is 96.5 Å². The predicted molar refractivity (Wildman–Crippen MR) is 93.1 cm³/mol. The van der Waals surface area contributed by atoms with Gasteiger partial charge in [0.05, 0.1) is 6.61 Å². The van der Waals surface area contributed by atoms with Gasteiger partial charge in [-0.2, -0.15) is 4.72 Å². The maximum atomic E-state index is 13.7. The second-order valence-corrected chi connectivity index (χ2v) is 7.49.